The van der Waals surface area contributed by atoms with E-state index in [1.165, 1.54) is 16.8 Å². The molecule has 11 heteroatoms. The predicted molar refractivity (Wildman–Crippen MR) is 101 cm³/mol. The van der Waals surface area contributed by atoms with E-state index in [4.69, 9.17) is 11.6 Å². The molecule has 152 valence electrons. The molecule has 0 atom stereocenters. The van der Waals surface area contributed by atoms with Crippen molar-refractivity contribution >= 4 is 28.7 Å². The molecule has 30 heavy (non-hydrogen) atoms. The first kappa shape index (κ1) is 19.8. The largest absolute Gasteiger partial charge is 0.471 e. The summed E-state index contributed by atoms with van der Waals surface area (Å²) in [6.07, 6.45) is -2.05. The van der Waals surface area contributed by atoms with Crippen molar-refractivity contribution in [3.8, 4) is 22.5 Å². The lowest BCUT2D eigenvalue weighted by Crippen LogP contribution is -2.30. The van der Waals surface area contributed by atoms with Crippen molar-refractivity contribution < 1.29 is 22.4 Å². The molecule has 0 spiro atoms. The van der Waals surface area contributed by atoms with Crippen molar-refractivity contribution in [3.05, 3.63) is 66.0 Å². The van der Waals surface area contributed by atoms with E-state index in [-0.39, 0.29) is 10.8 Å². The molecule has 0 unspecified atom stereocenters. The van der Waals surface area contributed by atoms with Gasteiger partial charge >= 0.3 is 12.1 Å². The number of nitrogens with one attached hydrogen (secondary N) is 1. The Hall–Kier alpha value is -3.53. The standard InChI is InChI=1S/C19H10ClF4N5O/c20-18-25-7-6-12(27-18)15-14-3-1-2-8-29(14)28-16(15)10-4-5-11(21)13(9-10)26-17(30)19(22,23)24/h1-9H,(H,26,30). The maximum atomic E-state index is 14.1. The lowest BCUT2D eigenvalue weighted by Gasteiger charge is -2.10. The molecule has 0 saturated heterocycles. The van der Waals surface area contributed by atoms with Gasteiger partial charge in [-0.25, -0.2) is 18.9 Å². The fourth-order valence-corrected chi connectivity index (χ4v) is 3.04. The van der Waals surface area contributed by atoms with E-state index in [2.05, 4.69) is 15.1 Å². The van der Waals surface area contributed by atoms with Crippen LogP contribution in [0.2, 0.25) is 5.28 Å². The van der Waals surface area contributed by atoms with Crippen molar-refractivity contribution in [2.45, 2.75) is 6.18 Å². The summed E-state index contributed by atoms with van der Waals surface area (Å²) in [5.41, 5.74) is 1.50. The molecule has 0 bridgehead atoms. The number of amides is 1. The van der Waals surface area contributed by atoms with Crippen LogP contribution >= 0.6 is 11.6 Å². The number of anilines is 1. The molecule has 0 saturated carbocycles. The van der Waals surface area contributed by atoms with Gasteiger partial charge in [-0.3, -0.25) is 4.79 Å². The van der Waals surface area contributed by atoms with E-state index in [9.17, 15) is 22.4 Å². The Morgan fingerprint density at radius 1 is 1.13 bits per heavy atom. The summed E-state index contributed by atoms with van der Waals surface area (Å²) in [5.74, 6) is -3.30. The number of rotatable bonds is 3. The van der Waals surface area contributed by atoms with E-state index < -0.39 is 23.6 Å². The molecule has 0 aliphatic carbocycles. The number of alkyl halides is 3. The van der Waals surface area contributed by atoms with Crippen molar-refractivity contribution in [2.75, 3.05) is 5.32 Å². The molecule has 3 heterocycles. The van der Waals surface area contributed by atoms with Crippen molar-refractivity contribution in [2.24, 2.45) is 0 Å². The Labute approximate surface area is 171 Å². The fourth-order valence-electron chi connectivity index (χ4n) is 2.89. The zero-order valence-corrected chi connectivity index (χ0v) is 15.5. The van der Waals surface area contributed by atoms with Gasteiger partial charge in [0.05, 0.1) is 22.5 Å². The van der Waals surface area contributed by atoms with Gasteiger partial charge in [-0.1, -0.05) is 6.07 Å². The van der Waals surface area contributed by atoms with E-state index in [1.807, 2.05) is 0 Å². The predicted octanol–water partition coefficient (Wildman–Crippen LogP) is 4.75. The molecular weight excluding hydrogens is 426 g/mol. The molecule has 6 nitrogen and oxygen atoms in total. The number of pyridine rings is 1. The second-order valence-electron chi connectivity index (χ2n) is 6.11. The molecule has 1 amide bonds. The number of nitrogens with zero attached hydrogens (tertiary/aromatic N) is 4. The number of carbonyl (C=O) groups is 1. The molecule has 3 aromatic heterocycles. The Kier molecular flexibility index (Phi) is 4.86. The van der Waals surface area contributed by atoms with E-state index in [0.717, 1.165) is 12.1 Å². The summed E-state index contributed by atoms with van der Waals surface area (Å²) in [4.78, 5) is 19.3. The number of halogens is 5. The molecule has 1 aromatic carbocycles. The lowest BCUT2D eigenvalue weighted by atomic mass is 10.0. The average molecular weight is 436 g/mol. The third kappa shape index (κ3) is 3.69. The maximum Gasteiger partial charge on any atom is 0.471 e. The summed E-state index contributed by atoms with van der Waals surface area (Å²) < 4.78 is 53.3. The number of benzene rings is 1. The minimum Gasteiger partial charge on any atom is -0.316 e. The summed E-state index contributed by atoms with van der Waals surface area (Å²) >= 11 is 5.90. The zero-order chi connectivity index (χ0) is 21.5. The first-order valence-electron chi connectivity index (χ1n) is 8.38. The van der Waals surface area contributed by atoms with Crippen LogP contribution in [-0.4, -0.2) is 31.7 Å². The Morgan fingerprint density at radius 2 is 1.93 bits per heavy atom. The maximum absolute atomic E-state index is 14.1. The van der Waals surface area contributed by atoms with Gasteiger partial charge in [0.1, 0.15) is 11.5 Å². The number of fused-ring (bicyclic) bond motifs is 1. The van der Waals surface area contributed by atoms with E-state index in [0.29, 0.717) is 22.5 Å². The third-order valence-electron chi connectivity index (χ3n) is 4.17. The quantitative estimate of drug-likeness (QED) is 0.372. The van der Waals surface area contributed by atoms with Crippen LogP contribution in [0, 0.1) is 5.82 Å². The Bertz CT molecular complexity index is 1270. The highest BCUT2D eigenvalue weighted by atomic mass is 35.5. The molecule has 0 aliphatic rings. The SMILES string of the molecule is O=C(Nc1cc(-c2nn3ccccc3c2-c2ccnc(Cl)n2)ccc1F)C(F)(F)F. The molecule has 0 fully saturated rings. The van der Waals surface area contributed by atoms with Crippen molar-refractivity contribution in [1.29, 1.82) is 0 Å². The molecular formula is C19H10ClF4N5O. The molecule has 4 aromatic rings. The number of aromatic nitrogens is 4. The normalized spacial score (nSPS) is 11.6. The zero-order valence-electron chi connectivity index (χ0n) is 14.8. The fraction of sp³-hybridized carbons (Fsp3) is 0.0526. The Morgan fingerprint density at radius 3 is 2.67 bits per heavy atom. The van der Waals surface area contributed by atoms with E-state index >= 15 is 0 Å². The van der Waals surface area contributed by atoms with Crippen molar-refractivity contribution in [1.82, 2.24) is 19.6 Å². The van der Waals surface area contributed by atoms with Crippen molar-refractivity contribution in [3.63, 3.8) is 0 Å². The number of carbonyl (C=O) groups excluding carboxylic acids is 1. The van der Waals surface area contributed by atoms with E-state index in [1.54, 1.807) is 35.8 Å². The second-order valence-corrected chi connectivity index (χ2v) is 6.45. The van der Waals surface area contributed by atoms with Crippen LogP contribution < -0.4 is 5.32 Å². The van der Waals surface area contributed by atoms with Crippen LogP contribution in [0.4, 0.5) is 23.2 Å². The van der Waals surface area contributed by atoms with Crippen LogP contribution in [0.5, 0.6) is 0 Å². The van der Waals surface area contributed by atoms with Crippen LogP contribution in [0.3, 0.4) is 0 Å². The Balaban J connectivity index is 1.89. The summed E-state index contributed by atoms with van der Waals surface area (Å²) in [6, 6.07) is 10.2. The molecule has 4 rings (SSSR count). The second kappa shape index (κ2) is 7.38. The van der Waals surface area contributed by atoms with Crippen LogP contribution in [0.1, 0.15) is 0 Å². The number of hydrogen-bond acceptors (Lipinski definition) is 4. The van der Waals surface area contributed by atoms with Gasteiger partial charge in [0.25, 0.3) is 0 Å². The highest BCUT2D eigenvalue weighted by Crippen LogP contribution is 2.36. The van der Waals surface area contributed by atoms with Gasteiger partial charge in [0.15, 0.2) is 0 Å². The smallest absolute Gasteiger partial charge is 0.316 e. The lowest BCUT2D eigenvalue weighted by molar-refractivity contribution is -0.167. The van der Waals surface area contributed by atoms with Crippen LogP contribution in [0.25, 0.3) is 28.0 Å². The van der Waals surface area contributed by atoms with Crippen LogP contribution in [0.15, 0.2) is 54.9 Å². The number of hydrogen-bond donors (Lipinski definition) is 1. The minimum atomic E-state index is -5.16. The third-order valence-corrected chi connectivity index (χ3v) is 4.35. The minimum absolute atomic E-state index is 0.00836. The average Bonchev–Trinajstić information content (AvgIpc) is 3.08. The first-order chi connectivity index (χ1) is 14.2. The summed E-state index contributed by atoms with van der Waals surface area (Å²) in [6.45, 7) is 0. The molecule has 1 N–H and O–H groups in total. The molecule has 0 aliphatic heterocycles. The summed E-state index contributed by atoms with van der Waals surface area (Å²) in [5, 5.41) is 5.98. The van der Waals surface area contributed by atoms with Gasteiger partial charge in [-0.15, -0.1) is 0 Å². The van der Waals surface area contributed by atoms with Gasteiger partial charge in [-0.2, -0.15) is 18.3 Å². The topological polar surface area (TPSA) is 72.2 Å². The molecule has 0 radical (unpaired) electrons. The highest BCUT2D eigenvalue weighted by Gasteiger charge is 2.39. The first-order valence-corrected chi connectivity index (χ1v) is 8.76. The van der Waals surface area contributed by atoms with Gasteiger partial charge in [-0.05, 0) is 48.0 Å². The summed E-state index contributed by atoms with van der Waals surface area (Å²) in [7, 11) is 0. The van der Waals surface area contributed by atoms with Gasteiger partial charge in [0, 0.05) is 18.0 Å². The van der Waals surface area contributed by atoms with Crippen LogP contribution in [-0.2, 0) is 4.79 Å². The monoisotopic (exact) mass is 435 g/mol. The highest BCUT2D eigenvalue weighted by molar-refractivity contribution is 6.28. The van der Waals surface area contributed by atoms with Gasteiger partial charge < -0.3 is 5.32 Å². The van der Waals surface area contributed by atoms with Gasteiger partial charge in [0.2, 0.25) is 5.28 Å².